The Morgan fingerprint density at radius 1 is 1.05 bits per heavy atom. The molecule has 4 heteroatoms. The van der Waals surface area contributed by atoms with E-state index in [1.165, 1.54) is 10.8 Å². The van der Waals surface area contributed by atoms with E-state index in [9.17, 15) is 0 Å². The number of fused-ring (bicyclic) bond motifs is 3. The average molecular weight is 264 g/mol. The summed E-state index contributed by atoms with van der Waals surface area (Å²) in [6, 6.07) is 14.3. The zero-order valence-electron chi connectivity index (χ0n) is 10.7. The van der Waals surface area contributed by atoms with Crippen molar-refractivity contribution in [1.29, 1.82) is 0 Å². The molecule has 0 bridgehead atoms. The van der Waals surface area contributed by atoms with Crippen LogP contribution in [0.25, 0.3) is 21.8 Å². The van der Waals surface area contributed by atoms with Crippen molar-refractivity contribution in [1.82, 2.24) is 9.97 Å². The third kappa shape index (κ3) is 1.82. The van der Waals surface area contributed by atoms with E-state index < -0.39 is 0 Å². The van der Waals surface area contributed by atoms with E-state index in [1.54, 1.807) is 12.5 Å². The number of nitrogens with one attached hydrogen (secondary N) is 1. The Bertz CT molecular complexity index is 863. The Labute approximate surface area is 115 Å². The zero-order chi connectivity index (χ0) is 13.4. The molecule has 0 spiro atoms. The monoisotopic (exact) mass is 264 g/mol. The molecule has 0 radical (unpaired) electrons. The third-order valence-corrected chi connectivity index (χ3v) is 3.32. The molecule has 2 aromatic heterocycles. The summed E-state index contributed by atoms with van der Waals surface area (Å²) in [6.07, 6.45) is 3.15. The first-order valence-electron chi connectivity index (χ1n) is 6.42. The first kappa shape index (κ1) is 11.1. The van der Waals surface area contributed by atoms with Gasteiger partial charge in [0.25, 0.3) is 0 Å². The molecule has 0 aliphatic carbocycles. The second kappa shape index (κ2) is 4.42. The van der Waals surface area contributed by atoms with Crippen LogP contribution in [-0.2, 0) is 6.61 Å². The van der Waals surface area contributed by atoms with Crippen LogP contribution in [0, 0.1) is 0 Å². The maximum atomic E-state index is 5.68. The summed E-state index contributed by atoms with van der Waals surface area (Å²) >= 11 is 0. The Morgan fingerprint density at radius 3 is 2.85 bits per heavy atom. The highest BCUT2D eigenvalue weighted by Gasteiger charge is 2.05. The molecule has 4 aromatic rings. The Kier molecular flexibility index (Phi) is 2.45. The molecule has 0 saturated heterocycles. The number of H-pyrrole nitrogens is 1. The molecule has 20 heavy (non-hydrogen) atoms. The van der Waals surface area contributed by atoms with Gasteiger partial charge >= 0.3 is 0 Å². The maximum absolute atomic E-state index is 5.68. The van der Waals surface area contributed by atoms with Crippen molar-refractivity contribution in [3.63, 3.8) is 0 Å². The summed E-state index contributed by atoms with van der Waals surface area (Å²) in [4.78, 5) is 7.42. The predicted molar refractivity (Wildman–Crippen MR) is 76.6 cm³/mol. The minimum absolute atomic E-state index is 0.332. The van der Waals surface area contributed by atoms with Crippen molar-refractivity contribution in [2.45, 2.75) is 6.61 Å². The summed E-state index contributed by atoms with van der Waals surface area (Å²) in [5.41, 5.74) is 2.20. The fourth-order valence-electron chi connectivity index (χ4n) is 2.39. The second-order valence-corrected chi connectivity index (χ2v) is 4.59. The fourth-order valence-corrected chi connectivity index (χ4v) is 2.39. The highest BCUT2D eigenvalue weighted by molar-refractivity contribution is 6.07. The third-order valence-electron chi connectivity index (χ3n) is 3.32. The number of aromatic amines is 1. The van der Waals surface area contributed by atoms with Gasteiger partial charge in [0, 0.05) is 22.4 Å². The van der Waals surface area contributed by atoms with Gasteiger partial charge in [-0.3, -0.25) is 0 Å². The second-order valence-electron chi connectivity index (χ2n) is 4.59. The first-order chi connectivity index (χ1) is 9.90. The number of aromatic nitrogens is 2. The van der Waals surface area contributed by atoms with E-state index in [4.69, 9.17) is 9.15 Å². The molecule has 0 aliphatic rings. The van der Waals surface area contributed by atoms with Crippen LogP contribution in [0.4, 0.5) is 0 Å². The Balaban J connectivity index is 1.69. The van der Waals surface area contributed by atoms with Gasteiger partial charge in [0.15, 0.2) is 6.61 Å². The van der Waals surface area contributed by atoms with Gasteiger partial charge in [0.05, 0.1) is 11.7 Å². The molecule has 0 atom stereocenters. The number of nitrogens with zero attached hydrogens (tertiary/aromatic N) is 1. The highest BCUT2D eigenvalue weighted by Crippen LogP contribution is 2.28. The van der Waals surface area contributed by atoms with E-state index >= 15 is 0 Å². The molecule has 2 aromatic carbocycles. The fraction of sp³-hybridized carbons (Fsp3) is 0.0625. The predicted octanol–water partition coefficient (Wildman–Crippen LogP) is 3.89. The molecule has 0 amide bonds. The number of ether oxygens (including phenoxy) is 1. The number of oxazole rings is 1. The van der Waals surface area contributed by atoms with Crippen molar-refractivity contribution >= 4 is 21.8 Å². The van der Waals surface area contributed by atoms with E-state index in [2.05, 4.69) is 28.2 Å². The number of benzene rings is 2. The highest BCUT2D eigenvalue weighted by atomic mass is 16.5. The minimum atomic E-state index is 0.332. The Hall–Kier alpha value is -2.75. The van der Waals surface area contributed by atoms with Crippen LogP contribution in [0.1, 0.15) is 5.89 Å². The summed E-state index contributed by atoms with van der Waals surface area (Å²) < 4.78 is 10.8. The maximum Gasteiger partial charge on any atom is 0.232 e. The van der Waals surface area contributed by atoms with Crippen molar-refractivity contribution in [2.24, 2.45) is 0 Å². The van der Waals surface area contributed by atoms with Crippen LogP contribution in [0.5, 0.6) is 5.75 Å². The SMILES string of the molecule is c1ccc2c(c1)[nH]c1cc(OCc3ncco3)ccc12. The van der Waals surface area contributed by atoms with Gasteiger partial charge in [0.2, 0.25) is 5.89 Å². The lowest BCUT2D eigenvalue weighted by Gasteiger charge is -2.03. The minimum Gasteiger partial charge on any atom is -0.484 e. The van der Waals surface area contributed by atoms with Crippen molar-refractivity contribution in [3.8, 4) is 5.75 Å². The van der Waals surface area contributed by atoms with E-state index in [-0.39, 0.29) is 0 Å². The summed E-state index contributed by atoms with van der Waals surface area (Å²) in [7, 11) is 0. The summed E-state index contributed by atoms with van der Waals surface area (Å²) in [6.45, 7) is 0.332. The van der Waals surface area contributed by atoms with Gasteiger partial charge in [-0.1, -0.05) is 18.2 Å². The van der Waals surface area contributed by atoms with Crippen LogP contribution in [-0.4, -0.2) is 9.97 Å². The molecule has 2 heterocycles. The topological polar surface area (TPSA) is 51.0 Å². The molecule has 4 nitrogen and oxygen atoms in total. The van der Waals surface area contributed by atoms with Crippen LogP contribution in [0.3, 0.4) is 0 Å². The average Bonchev–Trinajstić information content (AvgIpc) is 3.12. The van der Waals surface area contributed by atoms with Crippen LogP contribution < -0.4 is 4.74 Å². The molecular weight excluding hydrogens is 252 g/mol. The summed E-state index contributed by atoms with van der Waals surface area (Å²) in [5, 5.41) is 2.42. The van der Waals surface area contributed by atoms with Crippen LogP contribution in [0.2, 0.25) is 0 Å². The largest absolute Gasteiger partial charge is 0.484 e. The van der Waals surface area contributed by atoms with Crippen LogP contribution in [0.15, 0.2) is 59.3 Å². The van der Waals surface area contributed by atoms with Gasteiger partial charge in [0.1, 0.15) is 12.0 Å². The van der Waals surface area contributed by atoms with Crippen molar-refractivity contribution in [2.75, 3.05) is 0 Å². The van der Waals surface area contributed by atoms with Gasteiger partial charge < -0.3 is 14.1 Å². The zero-order valence-corrected chi connectivity index (χ0v) is 10.7. The smallest absolute Gasteiger partial charge is 0.232 e. The van der Waals surface area contributed by atoms with Crippen LogP contribution >= 0.6 is 0 Å². The van der Waals surface area contributed by atoms with E-state index in [1.807, 2.05) is 24.3 Å². The molecule has 1 N–H and O–H groups in total. The van der Waals surface area contributed by atoms with Gasteiger partial charge in [-0.15, -0.1) is 0 Å². The van der Waals surface area contributed by atoms with Crippen molar-refractivity contribution in [3.05, 3.63) is 60.8 Å². The molecule has 4 rings (SSSR count). The van der Waals surface area contributed by atoms with E-state index in [0.717, 1.165) is 16.8 Å². The molecule has 0 fully saturated rings. The molecule has 98 valence electrons. The number of para-hydroxylation sites is 1. The van der Waals surface area contributed by atoms with E-state index in [0.29, 0.717) is 12.5 Å². The molecule has 0 aliphatic heterocycles. The standard InChI is InChI=1S/C16H12N2O2/c1-2-4-14-12(3-1)13-6-5-11(9-15(13)18-14)20-10-16-17-7-8-19-16/h1-9,18H,10H2. The quantitative estimate of drug-likeness (QED) is 0.610. The summed E-state index contributed by atoms with van der Waals surface area (Å²) in [5.74, 6) is 1.36. The number of hydrogen-bond donors (Lipinski definition) is 1. The van der Waals surface area contributed by atoms with Gasteiger partial charge in [-0.05, 0) is 18.2 Å². The van der Waals surface area contributed by atoms with Crippen molar-refractivity contribution < 1.29 is 9.15 Å². The molecule has 0 saturated carbocycles. The number of hydrogen-bond acceptors (Lipinski definition) is 3. The lowest BCUT2D eigenvalue weighted by molar-refractivity contribution is 0.263. The first-order valence-corrected chi connectivity index (χ1v) is 6.42. The normalized spacial score (nSPS) is 11.2. The van der Waals surface area contributed by atoms with Gasteiger partial charge in [-0.25, -0.2) is 4.98 Å². The lowest BCUT2D eigenvalue weighted by Crippen LogP contribution is -1.95. The van der Waals surface area contributed by atoms with Gasteiger partial charge in [-0.2, -0.15) is 0 Å². The molecule has 0 unspecified atom stereocenters. The molecular formula is C16H12N2O2. The lowest BCUT2D eigenvalue weighted by atomic mass is 10.1. The number of rotatable bonds is 3. The Morgan fingerprint density at radius 2 is 1.95 bits per heavy atom.